The van der Waals surface area contributed by atoms with Crippen LogP contribution in [0.1, 0.15) is 33.4 Å². The fourth-order valence-corrected chi connectivity index (χ4v) is 9.79. The summed E-state index contributed by atoms with van der Waals surface area (Å²) in [7, 11) is 0. The van der Waals surface area contributed by atoms with Crippen molar-refractivity contribution in [3.8, 4) is 78.4 Å². The van der Waals surface area contributed by atoms with Gasteiger partial charge in [-0.15, -0.1) is 0 Å². The molecule has 0 unspecified atom stereocenters. The summed E-state index contributed by atoms with van der Waals surface area (Å²) in [5, 5.41) is 0. The maximum Gasteiger partial charge on any atom is 0.161 e. The molecule has 0 saturated carbocycles. The van der Waals surface area contributed by atoms with Crippen LogP contribution in [0.4, 0.5) is 0 Å². The number of aromatic nitrogens is 2. The van der Waals surface area contributed by atoms with Gasteiger partial charge in [0.25, 0.3) is 0 Å². The number of aryl methyl sites for hydroxylation is 2. The average Bonchev–Trinajstić information content (AvgIpc) is 3.75. The molecule has 0 bridgehead atoms. The Kier molecular flexibility index (Phi) is 7.55. The summed E-state index contributed by atoms with van der Waals surface area (Å²) < 4.78 is 0. The van der Waals surface area contributed by atoms with E-state index in [4.69, 9.17) is 9.97 Å². The van der Waals surface area contributed by atoms with Crippen molar-refractivity contribution in [1.82, 2.24) is 9.97 Å². The van der Waals surface area contributed by atoms with Gasteiger partial charge in [0.05, 0.1) is 16.8 Å². The molecule has 0 amide bonds. The van der Waals surface area contributed by atoms with Crippen LogP contribution < -0.4 is 0 Å². The summed E-state index contributed by atoms with van der Waals surface area (Å²) in [6.45, 7) is 4.44. The van der Waals surface area contributed by atoms with Crippen molar-refractivity contribution in [3.63, 3.8) is 0 Å². The predicted molar refractivity (Wildman–Crippen MR) is 235 cm³/mol. The van der Waals surface area contributed by atoms with Gasteiger partial charge in [0.1, 0.15) is 0 Å². The fraction of sp³-hybridized carbons (Fsp3) is 0.0545. The van der Waals surface area contributed by atoms with Gasteiger partial charge in [-0.05, 0) is 97.8 Å². The lowest BCUT2D eigenvalue weighted by atomic mass is 9.70. The van der Waals surface area contributed by atoms with E-state index in [0.29, 0.717) is 0 Å². The fourth-order valence-electron chi connectivity index (χ4n) is 9.79. The second-order valence-electron chi connectivity index (χ2n) is 15.3. The minimum Gasteiger partial charge on any atom is -0.228 e. The van der Waals surface area contributed by atoms with E-state index < -0.39 is 0 Å². The first-order valence-corrected chi connectivity index (χ1v) is 19.8. The SMILES string of the molecule is Cc1cc(-c2cccc3c2-c2ccccc2C32c3ccccc3-c3ccccc32)ccc1-c1c(C)cccc1-c1nc(-c2ccccc2)cc(-c2ccccc2)n1. The molecule has 0 radical (unpaired) electrons. The van der Waals surface area contributed by atoms with E-state index >= 15 is 0 Å². The monoisotopic (exact) mass is 726 g/mol. The molecule has 268 valence electrons. The van der Waals surface area contributed by atoms with E-state index in [0.717, 1.165) is 39.5 Å². The molecule has 0 atom stereocenters. The first kappa shape index (κ1) is 33.2. The number of benzene rings is 8. The summed E-state index contributed by atoms with van der Waals surface area (Å²) in [4.78, 5) is 10.5. The lowest BCUT2D eigenvalue weighted by Crippen LogP contribution is -2.25. The molecule has 0 N–H and O–H groups in total. The Hall–Kier alpha value is -7.16. The van der Waals surface area contributed by atoms with Gasteiger partial charge in [-0.2, -0.15) is 0 Å². The predicted octanol–water partition coefficient (Wildman–Crippen LogP) is 13.8. The lowest BCUT2D eigenvalue weighted by Gasteiger charge is -2.30. The zero-order valence-electron chi connectivity index (χ0n) is 31.9. The Bertz CT molecular complexity index is 2930. The van der Waals surface area contributed by atoms with Crippen LogP contribution in [0, 0.1) is 13.8 Å². The Morgan fingerprint density at radius 3 is 1.42 bits per heavy atom. The highest BCUT2D eigenvalue weighted by Gasteiger charge is 2.51. The van der Waals surface area contributed by atoms with Gasteiger partial charge in [0, 0.05) is 16.7 Å². The first-order chi connectivity index (χ1) is 28.1. The highest BCUT2D eigenvalue weighted by atomic mass is 14.9. The molecule has 11 rings (SSSR count). The third-order valence-corrected chi connectivity index (χ3v) is 12.2. The molecule has 1 heterocycles. The Morgan fingerprint density at radius 2 is 0.807 bits per heavy atom. The number of hydrogen-bond donors (Lipinski definition) is 0. The molecular formula is C55H38N2. The van der Waals surface area contributed by atoms with Crippen LogP contribution in [0.15, 0.2) is 194 Å². The van der Waals surface area contributed by atoms with Crippen LogP contribution in [0.5, 0.6) is 0 Å². The highest BCUT2D eigenvalue weighted by Crippen LogP contribution is 2.64. The van der Waals surface area contributed by atoms with Gasteiger partial charge >= 0.3 is 0 Å². The van der Waals surface area contributed by atoms with Crippen LogP contribution >= 0.6 is 0 Å². The third-order valence-electron chi connectivity index (χ3n) is 12.2. The summed E-state index contributed by atoms with van der Waals surface area (Å²) in [6.07, 6.45) is 0. The summed E-state index contributed by atoms with van der Waals surface area (Å²) in [5.41, 5.74) is 22.5. The van der Waals surface area contributed by atoms with E-state index in [1.807, 2.05) is 12.1 Å². The highest BCUT2D eigenvalue weighted by molar-refractivity contribution is 6.00. The van der Waals surface area contributed by atoms with Crippen molar-refractivity contribution >= 4 is 0 Å². The maximum absolute atomic E-state index is 5.24. The Balaban J connectivity index is 1.08. The van der Waals surface area contributed by atoms with Gasteiger partial charge in [-0.25, -0.2) is 9.97 Å². The molecule has 57 heavy (non-hydrogen) atoms. The zero-order valence-corrected chi connectivity index (χ0v) is 31.9. The van der Waals surface area contributed by atoms with E-state index in [1.54, 1.807) is 0 Å². The van der Waals surface area contributed by atoms with Crippen LogP contribution in [-0.4, -0.2) is 9.97 Å². The van der Waals surface area contributed by atoms with Gasteiger partial charge in [0.15, 0.2) is 5.82 Å². The molecule has 0 saturated heterocycles. The van der Waals surface area contributed by atoms with Crippen molar-refractivity contribution in [2.75, 3.05) is 0 Å². The Labute approximate surface area is 333 Å². The largest absolute Gasteiger partial charge is 0.228 e. The first-order valence-electron chi connectivity index (χ1n) is 19.8. The lowest BCUT2D eigenvalue weighted by molar-refractivity contribution is 0.794. The van der Waals surface area contributed by atoms with Crippen LogP contribution in [-0.2, 0) is 5.41 Å². The quantitative estimate of drug-likeness (QED) is 0.176. The van der Waals surface area contributed by atoms with E-state index in [9.17, 15) is 0 Å². The minimum absolute atomic E-state index is 0.368. The molecule has 1 spiro atoms. The van der Waals surface area contributed by atoms with E-state index in [-0.39, 0.29) is 5.41 Å². The van der Waals surface area contributed by atoms with Crippen LogP contribution in [0.2, 0.25) is 0 Å². The van der Waals surface area contributed by atoms with Crippen molar-refractivity contribution in [2.24, 2.45) is 0 Å². The van der Waals surface area contributed by atoms with E-state index in [2.05, 4.69) is 196 Å². The molecule has 8 aromatic carbocycles. The topological polar surface area (TPSA) is 25.8 Å². The van der Waals surface area contributed by atoms with Crippen LogP contribution in [0.3, 0.4) is 0 Å². The Morgan fingerprint density at radius 1 is 0.316 bits per heavy atom. The van der Waals surface area contributed by atoms with Crippen molar-refractivity contribution in [2.45, 2.75) is 19.3 Å². The zero-order chi connectivity index (χ0) is 38.1. The van der Waals surface area contributed by atoms with Crippen molar-refractivity contribution < 1.29 is 0 Å². The standard InChI is InChI=1S/C55H38N2/c1-35-17-15-26-45(54-56-50(37-18-5-3-6-19-37)34-51(57-54)38-20-7-4-8-21-38)52(35)40-32-31-39(33-36(40)2)41-25-16-30-49-53(41)44-24-11-14-29-48(44)55(49)46-27-12-9-22-42(46)43-23-10-13-28-47(43)55/h3-34H,1-2H3. The van der Waals surface area contributed by atoms with Crippen LogP contribution in [0.25, 0.3) is 78.4 Å². The number of rotatable bonds is 5. The number of nitrogens with zero attached hydrogens (tertiary/aromatic N) is 2. The molecular weight excluding hydrogens is 689 g/mol. The van der Waals surface area contributed by atoms with Gasteiger partial charge in [-0.1, -0.05) is 188 Å². The molecule has 0 aliphatic heterocycles. The van der Waals surface area contributed by atoms with Gasteiger partial charge in [0.2, 0.25) is 0 Å². The molecule has 2 aliphatic carbocycles. The summed E-state index contributed by atoms with van der Waals surface area (Å²) >= 11 is 0. The normalized spacial score (nSPS) is 12.9. The maximum atomic E-state index is 5.24. The third kappa shape index (κ3) is 4.97. The molecule has 2 nitrogen and oxygen atoms in total. The molecule has 2 aliphatic rings. The second kappa shape index (κ2) is 13.0. The molecule has 0 fully saturated rings. The smallest absolute Gasteiger partial charge is 0.161 e. The number of fused-ring (bicyclic) bond motifs is 10. The van der Waals surface area contributed by atoms with Gasteiger partial charge < -0.3 is 0 Å². The second-order valence-corrected chi connectivity index (χ2v) is 15.3. The van der Waals surface area contributed by atoms with E-state index in [1.165, 1.54) is 72.3 Å². The molecule has 2 heteroatoms. The summed E-state index contributed by atoms with van der Waals surface area (Å²) in [5.74, 6) is 0.720. The van der Waals surface area contributed by atoms with Crippen molar-refractivity contribution in [3.05, 3.63) is 228 Å². The molecule has 9 aromatic rings. The molecule has 1 aromatic heterocycles. The number of hydrogen-bond acceptors (Lipinski definition) is 2. The minimum atomic E-state index is -0.368. The van der Waals surface area contributed by atoms with Crippen molar-refractivity contribution in [1.29, 1.82) is 0 Å². The summed E-state index contributed by atoms with van der Waals surface area (Å²) in [6, 6.07) is 70.4. The average molecular weight is 727 g/mol. The van der Waals surface area contributed by atoms with Gasteiger partial charge in [-0.3, -0.25) is 0 Å².